The molecule has 0 radical (unpaired) electrons. The van der Waals surface area contributed by atoms with Crippen LogP contribution in [0.5, 0.6) is 5.75 Å². The summed E-state index contributed by atoms with van der Waals surface area (Å²) < 4.78 is 36.4. The molecular weight excluding hydrogens is 424 g/mol. The molecule has 1 fully saturated rings. The summed E-state index contributed by atoms with van der Waals surface area (Å²) in [6.07, 6.45) is -0.267. The number of aromatic nitrogens is 1. The minimum atomic E-state index is -3.66. The molecule has 1 saturated heterocycles. The number of hydrogen-bond acceptors (Lipinski definition) is 4. The van der Waals surface area contributed by atoms with E-state index in [4.69, 9.17) is 4.74 Å². The molecule has 0 atom stereocenters. The van der Waals surface area contributed by atoms with Crippen molar-refractivity contribution in [3.8, 4) is 5.75 Å². The second-order valence-corrected chi connectivity index (χ2v) is 11.7. The van der Waals surface area contributed by atoms with Gasteiger partial charge in [-0.1, -0.05) is 53.7 Å². The number of sulfonamides is 1. The highest BCUT2D eigenvalue weighted by molar-refractivity contribution is 7.89. The molecule has 3 rings (SSSR count). The van der Waals surface area contributed by atoms with Gasteiger partial charge in [-0.25, -0.2) is 8.42 Å². The van der Waals surface area contributed by atoms with Crippen molar-refractivity contribution in [2.75, 3.05) is 13.1 Å². The number of rotatable bonds is 7. The van der Waals surface area contributed by atoms with Gasteiger partial charge in [0.2, 0.25) is 10.0 Å². The molecule has 2 aromatic rings. The fourth-order valence-electron chi connectivity index (χ4n) is 3.99. The first-order valence-corrected chi connectivity index (χ1v) is 12.8. The van der Waals surface area contributed by atoms with E-state index in [-0.39, 0.29) is 36.6 Å². The van der Waals surface area contributed by atoms with Gasteiger partial charge in [0.1, 0.15) is 11.9 Å². The van der Waals surface area contributed by atoms with Crippen LogP contribution in [0.2, 0.25) is 0 Å². The minimum absolute atomic E-state index is 0.0906. The molecular formula is C25H36N2O4S. The van der Waals surface area contributed by atoms with Crippen molar-refractivity contribution in [2.24, 2.45) is 7.05 Å². The fourth-order valence-corrected chi connectivity index (χ4v) is 6.15. The van der Waals surface area contributed by atoms with Crippen LogP contribution in [-0.2, 0) is 17.1 Å². The van der Waals surface area contributed by atoms with Crippen molar-refractivity contribution in [3.63, 3.8) is 0 Å². The monoisotopic (exact) mass is 460 g/mol. The average molecular weight is 461 g/mol. The Morgan fingerprint density at radius 2 is 1.44 bits per heavy atom. The normalized spacial score (nSPS) is 15.6. The van der Waals surface area contributed by atoms with Crippen LogP contribution in [0.25, 0.3) is 0 Å². The van der Waals surface area contributed by atoms with E-state index in [1.807, 2.05) is 34.6 Å². The first-order valence-electron chi connectivity index (χ1n) is 11.3. The van der Waals surface area contributed by atoms with E-state index >= 15 is 0 Å². The quantitative estimate of drug-likeness (QED) is 0.609. The number of pyridine rings is 1. The van der Waals surface area contributed by atoms with Gasteiger partial charge in [0.25, 0.3) is 5.56 Å². The SMILES string of the molecule is Cc1cc(OC2CN(S(=O)(=O)c3c(C(C)C)cc(C(C)C)cc3C(C)C)C2)cc(=O)n1C. The molecule has 0 spiro atoms. The van der Waals surface area contributed by atoms with E-state index in [0.29, 0.717) is 16.6 Å². The smallest absolute Gasteiger partial charge is 0.254 e. The van der Waals surface area contributed by atoms with Crippen LogP contribution in [0.3, 0.4) is 0 Å². The van der Waals surface area contributed by atoms with Crippen LogP contribution >= 0.6 is 0 Å². The molecule has 1 aliphatic rings. The second-order valence-electron chi connectivity index (χ2n) is 9.78. The van der Waals surface area contributed by atoms with Crippen molar-refractivity contribution < 1.29 is 13.2 Å². The Labute approximate surface area is 192 Å². The van der Waals surface area contributed by atoms with E-state index in [9.17, 15) is 13.2 Å². The molecule has 0 saturated carbocycles. The first-order chi connectivity index (χ1) is 14.8. The molecule has 0 bridgehead atoms. The van der Waals surface area contributed by atoms with Gasteiger partial charge in [-0.2, -0.15) is 4.31 Å². The van der Waals surface area contributed by atoms with Crippen molar-refractivity contribution in [1.29, 1.82) is 0 Å². The fraction of sp³-hybridized carbons (Fsp3) is 0.560. The molecule has 1 aromatic heterocycles. The maximum atomic E-state index is 13.7. The molecule has 1 aliphatic heterocycles. The predicted octanol–water partition coefficient (Wildman–Crippen LogP) is 4.52. The maximum Gasteiger partial charge on any atom is 0.254 e. The Morgan fingerprint density at radius 3 is 1.88 bits per heavy atom. The highest BCUT2D eigenvalue weighted by Crippen LogP contribution is 2.38. The molecule has 7 heteroatoms. The van der Waals surface area contributed by atoms with E-state index in [1.54, 1.807) is 17.7 Å². The van der Waals surface area contributed by atoms with E-state index < -0.39 is 10.0 Å². The first kappa shape index (κ1) is 24.5. The molecule has 1 aromatic carbocycles. The van der Waals surface area contributed by atoms with E-state index in [1.165, 1.54) is 15.9 Å². The Bertz CT molecular complexity index is 1130. The Kier molecular flexibility index (Phi) is 6.91. The van der Waals surface area contributed by atoms with Crippen molar-refractivity contribution in [3.05, 3.63) is 57.0 Å². The molecule has 0 aliphatic carbocycles. The maximum absolute atomic E-state index is 13.7. The topological polar surface area (TPSA) is 68.6 Å². The Morgan fingerprint density at radius 1 is 0.906 bits per heavy atom. The van der Waals surface area contributed by atoms with Gasteiger partial charge >= 0.3 is 0 Å². The zero-order chi connectivity index (χ0) is 24.0. The van der Waals surface area contributed by atoms with Crippen LogP contribution in [0.15, 0.2) is 34.0 Å². The van der Waals surface area contributed by atoms with E-state index in [0.717, 1.165) is 16.8 Å². The van der Waals surface area contributed by atoms with Crippen molar-refractivity contribution in [2.45, 2.75) is 77.2 Å². The highest BCUT2D eigenvalue weighted by atomic mass is 32.2. The number of ether oxygens (including phenoxy) is 1. The van der Waals surface area contributed by atoms with Gasteiger partial charge in [0, 0.05) is 18.8 Å². The lowest BCUT2D eigenvalue weighted by molar-refractivity contribution is 0.0758. The number of aryl methyl sites for hydroxylation is 1. The van der Waals surface area contributed by atoms with Gasteiger partial charge in [0.05, 0.1) is 18.0 Å². The standard InChI is InChI=1S/C25H36N2O4S/c1-15(2)19-10-22(16(3)4)25(23(11-19)17(5)6)32(29,30)27-13-21(14-27)31-20-9-18(7)26(8)24(28)12-20/h9-12,15-17,21H,13-14H2,1-8H3. The second kappa shape index (κ2) is 9.02. The van der Waals surface area contributed by atoms with Gasteiger partial charge in [-0.15, -0.1) is 0 Å². The lowest BCUT2D eigenvalue weighted by Gasteiger charge is -2.39. The van der Waals surface area contributed by atoms with Crippen LogP contribution < -0.4 is 10.3 Å². The number of hydrogen-bond donors (Lipinski definition) is 0. The van der Waals surface area contributed by atoms with Crippen molar-refractivity contribution >= 4 is 10.0 Å². The molecule has 6 nitrogen and oxygen atoms in total. The third-order valence-electron chi connectivity index (χ3n) is 6.27. The van der Waals surface area contributed by atoms with Gasteiger partial charge in [0.15, 0.2) is 0 Å². The minimum Gasteiger partial charge on any atom is -0.487 e. The third-order valence-corrected chi connectivity index (χ3v) is 8.24. The van der Waals surface area contributed by atoms with Crippen molar-refractivity contribution in [1.82, 2.24) is 8.87 Å². The van der Waals surface area contributed by atoms with Crippen LogP contribution in [-0.4, -0.2) is 36.5 Å². The average Bonchev–Trinajstić information content (AvgIpc) is 2.66. The summed E-state index contributed by atoms with van der Waals surface area (Å²) in [5.41, 5.74) is 3.59. The molecule has 2 heterocycles. The summed E-state index contributed by atoms with van der Waals surface area (Å²) in [5, 5.41) is 0. The van der Waals surface area contributed by atoms with Crippen LogP contribution in [0, 0.1) is 6.92 Å². The van der Waals surface area contributed by atoms with Gasteiger partial charge in [-0.3, -0.25) is 4.79 Å². The summed E-state index contributed by atoms with van der Waals surface area (Å²) in [5.74, 6) is 0.992. The summed E-state index contributed by atoms with van der Waals surface area (Å²) in [7, 11) is -1.95. The van der Waals surface area contributed by atoms with E-state index in [2.05, 4.69) is 26.0 Å². The summed E-state index contributed by atoms with van der Waals surface area (Å²) in [6.45, 7) is 14.8. The third kappa shape index (κ3) is 4.64. The lowest BCUT2D eigenvalue weighted by atomic mass is 9.89. The zero-order valence-electron chi connectivity index (χ0n) is 20.5. The number of benzene rings is 1. The lowest BCUT2D eigenvalue weighted by Crippen LogP contribution is -2.56. The summed E-state index contributed by atoms with van der Waals surface area (Å²) >= 11 is 0. The molecule has 0 unspecified atom stereocenters. The zero-order valence-corrected chi connectivity index (χ0v) is 21.3. The van der Waals surface area contributed by atoms with Crippen LogP contribution in [0.4, 0.5) is 0 Å². The molecule has 0 amide bonds. The van der Waals surface area contributed by atoms with Gasteiger partial charge in [-0.05, 0) is 47.4 Å². The predicted molar refractivity (Wildman–Crippen MR) is 128 cm³/mol. The summed E-state index contributed by atoms with van der Waals surface area (Å²) in [6, 6.07) is 7.37. The van der Waals surface area contributed by atoms with Crippen LogP contribution in [0.1, 0.15) is 81.7 Å². The molecule has 176 valence electrons. The molecule has 0 N–H and O–H groups in total. The van der Waals surface area contributed by atoms with Gasteiger partial charge < -0.3 is 9.30 Å². The molecule has 32 heavy (non-hydrogen) atoms. The highest BCUT2D eigenvalue weighted by Gasteiger charge is 2.41. The Balaban J connectivity index is 1.90. The Hall–Kier alpha value is -2.12. The summed E-state index contributed by atoms with van der Waals surface area (Å²) in [4.78, 5) is 12.5. The largest absolute Gasteiger partial charge is 0.487 e. The number of nitrogens with zero attached hydrogens (tertiary/aromatic N) is 2.